The van der Waals surface area contributed by atoms with E-state index in [1.165, 1.54) is 0 Å². The lowest BCUT2D eigenvalue weighted by molar-refractivity contribution is 0.102. The van der Waals surface area contributed by atoms with Gasteiger partial charge in [-0.3, -0.25) is 18.8 Å². The average molecular weight is 782 g/mol. The molecule has 11 rings (SSSR count). The summed E-state index contributed by atoms with van der Waals surface area (Å²) < 4.78 is 1.57. The first-order valence-corrected chi connectivity index (χ1v) is 18.9. The number of amides is 1. The monoisotopic (exact) mass is 781 g/mol. The maximum atomic E-state index is 13.9. The first-order chi connectivity index (χ1) is 29.3. The van der Waals surface area contributed by atoms with Gasteiger partial charge in [0.15, 0.2) is 11.5 Å². The van der Waals surface area contributed by atoms with Gasteiger partial charge < -0.3 is 15.5 Å². The third-order valence-electron chi connectivity index (χ3n) is 10.9. The number of hydrogen-bond acceptors (Lipinski definition) is 10. The van der Waals surface area contributed by atoms with Crippen LogP contribution in [-0.2, 0) is 0 Å². The molecular weight excluding hydrogens is 755 g/mol. The van der Waals surface area contributed by atoms with Gasteiger partial charge in [-0.05, 0) is 83.2 Å². The van der Waals surface area contributed by atoms with Crippen LogP contribution in [0.3, 0.4) is 0 Å². The number of fused-ring (bicyclic) bond motifs is 8. The van der Waals surface area contributed by atoms with Crippen molar-refractivity contribution in [2.24, 2.45) is 20.5 Å². The highest BCUT2D eigenvalue weighted by Crippen LogP contribution is 2.45. The number of hydrogen-bond donors (Lipinski definition) is 3. The number of phenols is 2. The normalized spacial score (nSPS) is 12.5. The van der Waals surface area contributed by atoms with E-state index >= 15 is 0 Å². The zero-order valence-corrected chi connectivity index (χ0v) is 31.2. The summed E-state index contributed by atoms with van der Waals surface area (Å²) in [5, 5.41) is 46.7. The Balaban J connectivity index is 0.909. The predicted molar refractivity (Wildman–Crippen MR) is 231 cm³/mol. The number of anilines is 1. The van der Waals surface area contributed by atoms with Crippen molar-refractivity contribution in [3.8, 4) is 22.6 Å². The minimum Gasteiger partial charge on any atom is -0.506 e. The number of imidazole rings is 1. The molecule has 10 aromatic rings. The SMILES string of the molecule is O=C1c2cc(N=Nc3c(O)c(C(=O)Nc4ccccc4)cc4ccccc34)ccc2-c2ccc(N=Nc3c(O)cc4c5c3cccc5c(=O)n3c5ccccc5nc43)cc21. The number of rotatable bonds is 6. The number of aromatic nitrogens is 2. The summed E-state index contributed by atoms with van der Waals surface area (Å²) in [5.41, 5.74) is 5.47. The van der Waals surface area contributed by atoms with Crippen molar-refractivity contribution in [1.29, 1.82) is 0 Å². The Morgan fingerprint density at radius 1 is 0.583 bits per heavy atom. The molecule has 0 radical (unpaired) electrons. The first kappa shape index (κ1) is 34.6. The molecule has 1 aliphatic carbocycles. The van der Waals surface area contributed by atoms with Crippen LogP contribution in [0.25, 0.3) is 60.1 Å². The van der Waals surface area contributed by atoms with E-state index in [2.05, 4.69) is 25.8 Å². The molecule has 60 heavy (non-hydrogen) atoms. The van der Waals surface area contributed by atoms with E-state index in [1.54, 1.807) is 108 Å². The van der Waals surface area contributed by atoms with Gasteiger partial charge in [0.1, 0.15) is 22.8 Å². The van der Waals surface area contributed by atoms with Gasteiger partial charge in [-0.1, -0.05) is 78.9 Å². The highest BCUT2D eigenvalue weighted by atomic mass is 16.3. The largest absolute Gasteiger partial charge is 0.506 e. The fourth-order valence-corrected chi connectivity index (χ4v) is 8.15. The number of para-hydroxylation sites is 3. The number of aromatic hydroxyl groups is 2. The molecule has 3 N–H and O–H groups in total. The van der Waals surface area contributed by atoms with Gasteiger partial charge in [-0.2, -0.15) is 10.2 Å². The van der Waals surface area contributed by atoms with Crippen LogP contribution >= 0.6 is 0 Å². The number of ketones is 1. The van der Waals surface area contributed by atoms with Crippen LogP contribution in [0.15, 0.2) is 171 Å². The number of carbonyl (C=O) groups is 2. The standard InChI is InChI=1S/C48H27N7O5/c56-40-24-36-41-32(13-8-14-33(41)48(60)55-39-16-7-6-15-38(39)50-46(36)55)42(40)53-51-27-17-19-30-31-20-18-28(23-35(31)44(57)34(30)22-27)52-54-43-29-12-5-4-9-25(29)21-37(45(43)58)47(59)49-26-10-2-1-3-11-26/h1-24,56,58H,(H,49,59). The summed E-state index contributed by atoms with van der Waals surface area (Å²) >= 11 is 0. The Morgan fingerprint density at radius 2 is 1.23 bits per heavy atom. The lowest BCUT2D eigenvalue weighted by Gasteiger charge is -2.11. The third kappa shape index (κ3) is 5.32. The minimum absolute atomic E-state index is 0.0372. The quantitative estimate of drug-likeness (QED) is 0.142. The average Bonchev–Trinajstić information content (AvgIpc) is 3.80. The Bertz CT molecular complexity index is 3620. The van der Waals surface area contributed by atoms with Crippen LogP contribution in [0.1, 0.15) is 26.3 Å². The van der Waals surface area contributed by atoms with E-state index in [9.17, 15) is 24.6 Å². The molecule has 0 saturated carbocycles. The van der Waals surface area contributed by atoms with Gasteiger partial charge in [0.05, 0.1) is 28.0 Å². The molecule has 0 saturated heterocycles. The van der Waals surface area contributed by atoms with E-state index in [4.69, 9.17) is 4.98 Å². The summed E-state index contributed by atoms with van der Waals surface area (Å²) in [6, 6.07) is 42.3. The van der Waals surface area contributed by atoms with Crippen LogP contribution < -0.4 is 10.9 Å². The smallest absolute Gasteiger partial charge is 0.264 e. The van der Waals surface area contributed by atoms with Crippen LogP contribution in [0.2, 0.25) is 0 Å². The number of pyridine rings is 1. The molecule has 12 heteroatoms. The minimum atomic E-state index is -0.503. The van der Waals surface area contributed by atoms with Gasteiger partial charge in [0.25, 0.3) is 11.5 Å². The highest BCUT2D eigenvalue weighted by molar-refractivity contribution is 6.23. The topological polar surface area (TPSA) is 170 Å². The molecule has 0 fully saturated rings. The molecule has 2 heterocycles. The maximum absolute atomic E-state index is 13.9. The molecule has 1 aliphatic rings. The molecule has 0 aliphatic heterocycles. The van der Waals surface area contributed by atoms with Gasteiger partial charge in [-0.15, -0.1) is 10.2 Å². The fourth-order valence-electron chi connectivity index (χ4n) is 8.15. The van der Waals surface area contributed by atoms with Gasteiger partial charge in [0, 0.05) is 43.7 Å². The van der Waals surface area contributed by atoms with Crippen molar-refractivity contribution in [3.05, 3.63) is 173 Å². The summed E-state index contributed by atoms with van der Waals surface area (Å²) in [6.07, 6.45) is 0. The molecular formula is C48H27N7O5. The molecule has 0 atom stereocenters. The molecule has 284 valence electrons. The predicted octanol–water partition coefficient (Wildman–Crippen LogP) is 11.5. The first-order valence-electron chi connectivity index (χ1n) is 18.9. The van der Waals surface area contributed by atoms with E-state index in [0.29, 0.717) is 88.3 Å². The maximum Gasteiger partial charge on any atom is 0.264 e. The molecule has 0 spiro atoms. The molecule has 8 aromatic carbocycles. The zero-order valence-electron chi connectivity index (χ0n) is 31.2. The second-order valence-electron chi connectivity index (χ2n) is 14.4. The van der Waals surface area contributed by atoms with E-state index in [0.717, 1.165) is 0 Å². The Kier molecular flexibility index (Phi) is 7.62. The zero-order chi connectivity index (χ0) is 40.6. The van der Waals surface area contributed by atoms with Gasteiger partial charge >= 0.3 is 0 Å². The van der Waals surface area contributed by atoms with Crippen molar-refractivity contribution in [3.63, 3.8) is 0 Å². The van der Waals surface area contributed by atoms with Crippen molar-refractivity contribution >= 4 is 89.1 Å². The molecule has 12 nitrogen and oxygen atoms in total. The Hall–Kier alpha value is -8.64. The van der Waals surface area contributed by atoms with Crippen LogP contribution in [-0.4, -0.2) is 31.3 Å². The highest BCUT2D eigenvalue weighted by Gasteiger charge is 2.28. The molecule has 0 bridgehead atoms. The number of nitrogens with zero attached hydrogens (tertiary/aromatic N) is 6. The van der Waals surface area contributed by atoms with Crippen molar-refractivity contribution in [2.45, 2.75) is 0 Å². The second-order valence-corrected chi connectivity index (χ2v) is 14.4. The van der Waals surface area contributed by atoms with E-state index in [-0.39, 0.29) is 39.8 Å². The van der Waals surface area contributed by atoms with Crippen molar-refractivity contribution in [1.82, 2.24) is 9.38 Å². The summed E-state index contributed by atoms with van der Waals surface area (Å²) in [5.74, 6) is -1.21. The third-order valence-corrected chi connectivity index (χ3v) is 10.9. The van der Waals surface area contributed by atoms with Crippen LogP contribution in [0.5, 0.6) is 11.5 Å². The van der Waals surface area contributed by atoms with Crippen molar-refractivity contribution in [2.75, 3.05) is 5.32 Å². The van der Waals surface area contributed by atoms with Crippen LogP contribution in [0, 0.1) is 0 Å². The number of carbonyl (C=O) groups excluding carboxylic acids is 2. The lowest BCUT2D eigenvalue weighted by atomic mass is 10.0. The fraction of sp³-hybridized carbons (Fsp3) is 0. The second kappa shape index (κ2) is 13.2. The molecule has 2 aromatic heterocycles. The number of nitrogens with one attached hydrogen (secondary N) is 1. The molecule has 0 unspecified atom stereocenters. The van der Waals surface area contributed by atoms with E-state index in [1.807, 2.05) is 42.5 Å². The number of azo groups is 2. The van der Waals surface area contributed by atoms with Gasteiger partial charge in [0.2, 0.25) is 0 Å². The van der Waals surface area contributed by atoms with Gasteiger partial charge in [-0.25, -0.2) is 4.98 Å². The Morgan fingerprint density at radius 3 is 2.00 bits per heavy atom. The lowest BCUT2D eigenvalue weighted by Crippen LogP contribution is -2.13. The van der Waals surface area contributed by atoms with Crippen LogP contribution in [0.4, 0.5) is 28.4 Å². The Labute approximate surface area is 338 Å². The summed E-state index contributed by atoms with van der Waals surface area (Å²) in [7, 11) is 0. The number of phenolic OH excluding ortho intramolecular Hbond substituents is 2. The summed E-state index contributed by atoms with van der Waals surface area (Å²) in [6.45, 7) is 0. The van der Waals surface area contributed by atoms with Crippen molar-refractivity contribution < 1.29 is 19.8 Å². The summed E-state index contributed by atoms with van der Waals surface area (Å²) in [4.78, 5) is 45.7. The molecule has 1 amide bonds. The van der Waals surface area contributed by atoms with E-state index < -0.39 is 5.91 Å². The number of benzene rings is 8.